The number of hydrogen-bond acceptors (Lipinski definition) is 4. The predicted octanol–water partition coefficient (Wildman–Crippen LogP) is 2.94. The van der Waals surface area contributed by atoms with Gasteiger partial charge in [-0.3, -0.25) is 9.69 Å². The predicted molar refractivity (Wildman–Crippen MR) is 94.8 cm³/mol. The van der Waals surface area contributed by atoms with Crippen LogP contribution in [-0.2, 0) is 22.5 Å². The minimum Gasteiger partial charge on any atom is -0.466 e. The van der Waals surface area contributed by atoms with Crippen LogP contribution in [0.5, 0.6) is 0 Å². The fraction of sp³-hybridized carbons (Fsp3) is 0.500. The van der Waals surface area contributed by atoms with Crippen molar-refractivity contribution in [1.29, 1.82) is 0 Å². The van der Waals surface area contributed by atoms with E-state index in [1.54, 1.807) is 6.33 Å². The van der Waals surface area contributed by atoms with Gasteiger partial charge in [0.2, 0.25) is 0 Å². The lowest BCUT2D eigenvalue weighted by Gasteiger charge is -2.35. The Bertz CT molecular complexity index is 716. The number of fused-ring (bicyclic) bond motifs is 2. The molecule has 1 aromatic heterocycles. The van der Waals surface area contributed by atoms with E-state index in [2.05, 4.69) is 27.0 Å². The number of aromatic amines is 1. The van der Waals surface area contributed by atoms with E-state index in [1.807, 2.05) is 31.3 Å². The molecule has 0 radical (unpaired) electrons. The second-order valence-corrected chi connectivity index (χ2v) is 7.24. The summed E-state index contributed by atoms with van der Waals surface area (Å²) in [4.78, 5) is 22.9. The molecule has 0 spiro atoms. The summed E-state index contributed by atoms with van der Waals surface area (Å²) in [7, 11) is 0. The molecule has 2 aromatic rings. The van der Waals surface area contributed by atoms with Crippen LogP contribution >= 0.6 is 0 Å². The molecule has 3 atom stereocenters. The van der Waals surface area contributed by atoms with Gasteiger partial charge in [0, 0.05) is 30.5 Å². The van der Waals surface area contributed by atoms with Gasteiger partial charge in [0.1, 0.15) is 0 Å². The van der Waals surface area contributed by atoms with Crippen molar-refractivity contribution in [3.8, 4) is 0 Å². The molecular formula is C20H25N3O2. The zero-order chi connectivity index (χ0) is 17.3. The average Bonchev–Trinajstić information content (AvgIpc) is 3.33. The van der Waals surface area contributed by atoms with Crippen LogP contribution in [0.3, 0.4) is 0 Å². The number of aromatic nitrogens is 2. The first kappa shape index (κ1) is 16.3. The summed E-state index contributed by atoms with van der Waals surface area (Å²) in [5.74, 6) is -0.0272. The molecule has 0 aliphatic carbocycles. The van der Waals surface area contributed by atoms with Crippen LogP contribution in [0.2, 0.25) is 0 Å². The lowest BCUT2D eigenvalue weighted by molar-refractivity contribution is -0.157. The second-order valence-electron chi connectivity index (χ2n) is 7.24. The molecular weight excluding hydrogens is 314 g/mol. The molecule has 1 N–H and O–H groups in total. The number of H-pyrrole nitrogens is 1. The van der Waals surface area contributed by atoms with Crippen molar-refractivity contribution in [3.63, 3.8) is 0 Å². The Morgan fingerprint density at radius 3 is 2.92 bits per heavy atom. The second kappa shape index (κ2) is 6.64. The van der Waals surface area contributed by atoms with E-state index in [1.165, 1.54) is 5.56 Å². The third-order valence-electron chi connectivity index (χ3n) is 5.83. The quantitative estimate of drug-likeness (QED) is 0.822. The fourth-order valence-corrected chi connectivity index (χ4v) is 4.83. The van der Waals surface area contributed by atoms with Crippen molar-refractivity contribution in [1.82, 2.24) is 14.9 Å². The monoisotopic (exact) mass is 339 g/mol. The van der Waals surface area contributed by atoms with Crippen molar-refractivity contribution in [2.45, 2.75) is 51.2 Å². The van der Waals surface area contributed by atoms with Gasteiger partial charge in [-0.2, -0.15) is 0 Å². The summed E-state index contributed by atoms with van der Waals surface area (Å²) >= 11 is 0. The fourth-order valence-electron chi connectivity index (χ4n) is 4.83. The van der Waals surface area contributed by atoms with Crippen LogP contribution in [0.15, 0.2) is 42.9 Å². The first-order valence-corrected chi connectivity index (χ1v) is 9.17. The van der Waals surface area contributed by atoms with Crippen LogP contribution in [0.1, 0.15) is 37.4 Å². The zero-order valence-electron chi connectivity index (χ0n) is 14.6. The van der Waals surface area contributed by atoms with Crippen LogP contribution in [-0.4, -0.2) is 39.5 Å². The van der Waals surface area contributed by atoms with Crippen LogP contribution in [0.4, 0.5) is 0 Å². The Labute approximate surface area is 148 Å². The molecule has 3 heterocycles. The third kappa shape index (κ3) is 2.86. The smallest absolute Gasteiger partial charge is 0.314 e. The number of carbonyl (C=O) groups excluding carboxylic acids is 1. The van der Waals surface area contributed by atoms with Gasteiger partial charge >= 0.3 is 5.97 Å². The molecule has 1 aromatic carbocycles. The van der Waals surface area contributed by atoms with Crippen LogP contribution in [0.25, 0.3) is 0 Å². The number of hydrogen-bond donors (Lipinski definition) is 1. The van der Waals surface area contributed by atoms with Gasteiger partial charge in [0.15, 0.2) is 0 Å². The first-order chi connectivity index (χ1) is 12.2. The first-order valence-electron chi connectivity index (χ1n) is 9.17. The SMILES string of the molecule is CCOC(=O)[C@]1(Cc2ccccc2)C[C@@H]2CC[C@H]1N2Cc1cnc[nH]1. The summed E-state index contributed by atoms with van der Waals surface area (Å²) in [6.07, 6.45) is 7.46. The van der Waals surface area contributed by atoms with E-state index in [4.69, 9.17) is 4.74 Å². The highest BCUT2D eigenvalue weighted by Crippen LogP contribution is 2.52. The molecule has 0 saturated carbocycles. The summed E-state index contributed by atoms with van der Waals surface area (Å²) in [5.41, 5.74) is 1.89. The Morgan fingerprint density at radius 2 is 2.20 bits per heavy atom. The number of imidazole rings is 1. The van der Waals surface area contributed by atoms with Gasteiger partial charge in [-0.25, -0.2) is 4.98 Å². The molecule has 2 aliphatic heterocycles. The number of nitrogens with one attached hydrogen (secondary N) is 1. The number of benzene rings is 1. The molecule has 5 nitrogen and oxygen atoms in total. The number of carbonyl (C=O) groups is 1. The van der Waals surface area contributed by atoms with Gasteiger partial charge in [-0.05, 0) is 38.2 Å². The highest BCUT2D eigenvalue weighted by Gasteiger charge is 2.60. The van der Waals surface area contributed by atoms with Gasteiger partial charge in [-0.1, -0.05) is 30.3 Å². The number of ether oxygens (including phenoxy) is 1. The zero-order valence-corrected chi connectivity index (χ0v) is 14.6. The van der Waals surface area contributed by atoms with Gasteiger partial charge in [0.05, 0.1) is 18.3 Å². The summed E-state index contributed by atoms with van der Waals surface area (Å²) in [5, 5.41) is 0. The van der Waals surface area contributed by atoms with E-state index in [0.29, 0.717) is 12.6 Å². The maximum Gasteiger partial charge on any atom is 0.314 e. The number of nitrogens with zero attached hydrogens (tertiary/aromatic N) is 2. The molecule has 2 bridgehead atoms. The number of esters is 1. The summed E-state index contributed by atoms with van der Waals surface area (Å²) < 4.78 is 5.55. The molecule has 2 fully saturated rings. The van der Waals surface area contributed by atoms with Gasteiger partial charge in [0.25, 0.3) is 0 Å². The van der Waals surface area contributed by atoms with E-state index in [-0.39, 0.29) is 12.0 Å². The highest BCUT2D eigenvalue weighted by molar-refractivity contribution is 5.79. The van der Waals surface area contributed by atoms with E-state index < -0.39 is 5.41 Å². The normalized spacial score (nSPS) is 28.4. The average molecular weight is 339 g/mol. The van der Waals surface area contributed by atoms with Crippen LogP contribution in [0, 0.1) is 5.41 Å². The largest absolute Gasteiger partial charge is 0.466 e. The minimum atomic E-state index is -0.430. The van der Waals surface area contributed by atoms with Crippen molar-refractivity contribution >= 4 is 5.97 Å². The molecule has 25 heavy (non-hydrogen) atoms. The molecule has 0 amide bonds. The molecule has 2 saturated heterocycles. The van der Waals surface area contributed by atoms with E-state index >= 15 is 0 Å². The maximum absolute atomic E-state index is 13.0. The van der Waals surface area contributed by atoms with Gasteiger partial charge in [-0.15, -0.1) is 0 Å². The van der Waals surface area contributed by atoms with Crippen molar-refractivity contribution in [2.24, 2.45) is 5.41 Å². The summed E-state index contributed by atoms with van der Waals surface area (Å²) in [6.45, 7) is 3.16. The topological polar surface area (TPSA) is 58.2 Å². The number of rotatable bonds is 6. The Balaban J connectivity index is 1.63. The lowest BCUT2D eigenvalue weighted by Crippen LogP contribution is -2.46. The van der Waals surface area contributed by atoms with Crippen molar-refractivity contribution < 1.29 is 9.53 Å². The standard InChI is InChI=1S/C20H25N3O2/c1-2-25-19(24)20(10-15-6-4-3-5-7-15)11-17-8-9-18(20)23(17)13-16-12-21-14-22-16/h3-7,12,14,17-18H,2,8-11,13H2,1H3,(H,21,22)/t17-,18+,20+/m0/s1. The van der Waals surface area contributed by atoms with Gasteiger partial charge < -0.3 is 9.72 Å². The molecule has 0 unspecified atom stereocenters. The maximum atomic E-state index is 13.0. The molecule has 4 rings (SSSR count). The van der Waals surface area contributed by atoms with E-state index in [0.717, 1.165) is 37.9 Å². The Hall–Kier alpha value is -2.14. The molecule has 132 valence electrons. The van der Waals surface area contributed by atoms with E-state index in [9.17, 15) is 4.79 Å². The Kier molecular flexibility index (Phi) is 4.34. The van der Waals surface area contributed by atoms with Crippen molar-refractivity contribution in [3.05, 3.63) is 54.1 Å². The summed E-state index contributed by atoms with van der Waals surface area (Å²) in [6, 6.07) is 11.0. The lowest BCUT2D eigenvalue weighted by atomic mass is 9.70. The highest BCUT2D eigenvalue weighted by atomic mass is 16.5. The molecule has 2 aliphatic rings. The van der Waals surface area contributed by atoms with Crippen LogP contribution < -0.4 is 0 Å². The molecule has 5 heteroatoms. The van der Waals surface area contributed by atoms with Crippen molar-refractivity contribution in [2.75, 3.05) is 6.61 Å². The third-order valence-corrected chi connectivity index (χ3v) is 5.83. The minimum absolute atomic E-state index is 0.0272. The Morgan fingerprint density at radius 1 is 1.36 bits per heavy atom.